The Hall–Kier alpha value is -1.06. The summed E-state index contributed by atoms with van der Waals surface area (Å²) in [6.07, 6.45) is 4.78. The van der Waals surface area contributed by atoms with Crippen LogP contribution in [0.25, 0.3) is 0 Å². The number of hydrogen-bond acceptors (Lipinski definition) is 2. The van der Waals surface area contributed by atoms with E-state index >= 15 is 0 Å². The topological polar surface area (TPSA) is 72.2 Å². The van der Waals surface area contributed by atoms with Gasteiger partial charge in [0, 0.05) is 6.54 Å². The van der Waals surface area contributed by atoms with E-state index in [0.717, 1.165) is 12.3 Å². The van der Waals surface area contributed by atoms with Crippen molar-refractivity contribution in [2.75, 3.05) is 6.54 Å². The smallest absolute Gasteiger partial charge is 0.309 e. The molecule has 1 saturated carbocycles. The van der Waals surface area contributed by atoms with Crippen molar-refractivity contribution in [1.82, 2.24) is 5.32 Å². The van der Waals surface area contributed by atoms with Crippen molar-refractivity contribution in [3.05, 3.63) is 0 Å². The van der Waals surface area contributed by atoms with Gasteiger partial charge in [-0.1, -0.05) is 19.3 Å². The SMILES string of the molecule is NC(=O)C(=O)NCCC1CCC1. The molecule has 4 heteroatoms. The zero-order valence-electron chi connectivity index (χ0n) is 7.01. The highest BCUT2D eigenvalue weighted by atomic mass is 16.2. The molecule has 1 fully saturated rings. The van der Waals surface area contributed by atoms with E-state index in [2.05, 4.69) is 5.32 Å². The van der Waals surface area contributed by atoms with E-state index < -0.39 is 11.8 Å². The third kappa shape index (κ3) is 2.53. The first kappa shape index (κ1) is 9.03. The van der Waals surface area contributed by atoms with Crippen molar-refractivity contribution in [2.45, 2.75) is 25.7 Å². The minimum atomic E-state index is -0.899. The van der Waals surface area contributed by atoms with Gasteiger partial charge in [0.2, 0.25) is 0 Å². The second kappa shape index (κ2) is 4.09. The van der Waals surface area contributed by atoms with Gasteiger partial charge in [0.1, 0.15) is 0 Å². The van der Waals surface area contributed by atoms with Gasteiger partial charge in [0.15, 0.2) is 0 Å². The summed E-state index contributed by atoms with van der Waals surface area (Å²) in [7, 11) is 0. The number of nitrogens with one attached hydrogen (secondary N) is 1. The molecule has 0 aromatic rings. The quantitative estimate of drug-likeness (QED) is 0.575. The third-order valence-corrected chi connectivity index (χ3v) is 2.29. The molecule has 0 heterocycles. The summed E-state index contributed by atoms with van der Waals surface area (Å²) in [4.78, 5) is 20.9. The number of carbonyl (C=O) groups is 2. The first-order valence-electron chi connectivity index (χ1n) is 4.28. The zero-order valence-corrected chi connectivity index (χ0v) is 7.01. The number of amides is 2. The van der Waals surface area contributed by atoms with Gasteiger partial charge in [0.25, 0.3) is 0 Å². The Morgan fingerprint density at radius 3 is 2.50 bits per heavy atom. The normalized spacial score (nSPS) is 16.7. The Balaban J connectivity index is 2.01. The Bertz CT molecular complexity index is 187. The molecule has 0 aliphatic heterocycles. The molecule has 0 saturated heterocycles. The lowest BCUT2D eigenvalue weighted by Gasteiger charge is -2.24. The molecule has 0 bridgehead atoms. The highest BCUT2D eigenvalue weighted by Gasteiger charge is 2.17. The van der Waals surface area contributed by atoms with E-state index in [1.165, 1.54) is 19.3 Å². The molecule has 1 rings (SSSR count). The highest BCUT2D eigenvalue weighted by Crippen LogP contribution is 2.28. The van der Waals surface area contributed by atoms with Crippen molar-refractivity contribution in [2.24, 2.45) is 11.7 Å². The maximum atomic E-state index is 10.6. The van der Waals surface area contributed by atoms with Crippen LogP contribution >= 0.6 is 0 Å². The molecule has 0 aromatic heterocycles. The number of rotatable bonds is 3. The second-order valence-electron chi connectivity index (χ2n) is 3.21. The average molecular weight is 170 g/mol. The summed E-state index contributed by atoms with van der Waals surface area (Å²) in [5.74, 6) is -0.823. The van der Waals surface area contributed by atoms with E-state index in [-0.39, 0.29) is 0 Å². The summed E-state index contributed by atoms with van der Waals surface area (Å²) < 4.78 is 0. The number of nitrogens with two attached hydrogens (primary N) is 1. The molecular weight excluding hydrogens is 156 g/mol. The molecule has 0 aromatic carbocycles. The van der Waals surface area contributed by atoms with Crippen molar-refractivity contribution in [3.63, 3.8) is 0 Å². The van der Waals surface area contributed by atoms with E-state index in [1.54, 1.807) is 0 Å². The molecule has 1 aliphatic rings. The fraction of sp³-hybridized carbons (Fsp3) is 0.750. The molecule has 3 N–H and O–H groups in total. The van der Waals surface area contributed by atoms with Gasteiger partial charge >= 0.3 is 11.8 Å². The van der Waals surface area contributed by atoms with Crippen LogP contribution in [0.3, 0.4) is 0 Å². The molecule has 12 heavy (non-hydrogen) atoms. The number of hydrogen-bond donors (Lipinski definition) is 2. The molecule has 0 spiro atoms. The monoisotopic (exact) mass is 170 g/mol. The predicted octanol–water partition coefficient (Wildman–Crippen LogP) is -0.222. The minimum absolute atomic E-state index is 0.576. The molecule has 0 unspecified atom stereocenters. The molecular formula is C8H14N2O2. The fourth-order valence-electron chi connectivity index (χ4n) is 1.26. The van der Waals surface area contributed by atoms with Gasteiger partial charge < -0.3 is 11.1 Å². The van der Waals surface area contributed by atoms with Crippen molar-refractivity contribution in [3.8, 4) is 0 Å². The largest absolute Gasteiger partial charge is 0.361 e. The van der Waals surface area contributed by atoms with Crippen LogP contribution in [-0.4, -0.2) is 18.4 Å². The van der Waals surface area contributed by atoms with E-state index in [1.807, 2.05) is 0 Å². The van der Waals surface area contributed by atoms with E-state index in [0.29, 0.717) is 6.54 Å². The van der Waals surface area contributed by atoms with Gasteiger partial charge in [-0.3, -0.25) is 9.59 Å². The molecule has 4 nitrogen and oxygen atoms in total. The maximum absolute atomic E-state index is 10.6. The van der Waals surface area contributed by atoms with E-state index in [9.17, 15) is 9.59 Å². The summed E-state index contributed by atoms with van der Waals surface area (Å²) in [5, 5.41) is 2.47. The lowest BCUT2D eigenvalue weighted by atomic mass is 9.83. The first-order chi connectivity index (χ1) is 5.70. The standard InChI is InChI=1S/C8H14N2O2/c9-7(11)8(12)10-5-4-6-2-1-3-6/h6H,1-5H2,(H2,9,11)(H,10,12). The number of carbonyl (C=O) groups excluding carboxylic acids is 2. The van der Waals surface area contributed by atoms with Crippen LogP contribution in [0.5, 0.6) is 0 Å². The molecule has 0 atom stereocenters. The first-order valence-corrected chi connectivity index (χ1v) is 4.28. The molecule has 1 aliphatic carbocycles. The summed E-state index contributed by atoms with van der Waals surface area (Å²) >= 11 is 0. The lowest BCUT2D eigenvalue weighted by Crippen LogP contribution is -2.37. The van der Waals surface area contributed by atoms with Crippen LogP contribution in [0.4, 0.5) is 0 Å². The van der Waals surface area contributed by atoms with Gasteiger partial charge in [-0.25, -0.2) is 0 Å². The predicted molar refractivity (Wildman–Crippen MR) is 44.2 cm³/mol. The zero-order chi connectivity index (χ0) is 8.97. The molecule has 68 valence electrons. The summed E-state index contributed by atoms with van der Waals surface area (Å²) in [6.45, 7) is 0.576. The third-order valence-electron chi connectivity index (χ3n) is 2.29. The van der Waals surface area contributed by atoms with Gasteiger partial charge in [-0.15, -0.1) is 0 Å². The Morgan fingerprint density at radius 1 is 1.42 bits per heavy atom. The maximum Gasteiger partial charge on any atom is 0.309 e. The van der Waals surface area contributed by atoms with Crippen LogP contribution in [0.2, 0.25) is 0 Å². The fourth-order valence-corrected chi connectivity index (χ4v) is 1.26. The van der Waals surface area contributed by atoms with Gasteiger partial charge in [-0.2, -0.15) is 0 Å². The van der Waals surface area contributed by atoms with E-state index in [4.69, 9.17) is 5.73 Å². The number of primary amides is 1. The summed E-state index contributed by atoms with van der Waals surface area (Å²) in [6, 6.07) is 0. The van der Waals surface area contributed by atoms with Crippen LogP contribution in [0, 0.1) is 5.92 Å². The van der Waals surface area contributed by atoms with Crippen LogP contribution in [0.1, 0.15) is 25.7 Å². The average Bonchev–Trinajstić information content (AvgIpc) is 1.93. The molecule has 2 amide bonds. The summed E-state index contributed by atoms with van der Waals surface area (Å²) in [5.41, 5.74) is 4.75. The van der Waals surface area contributed by atoms with Crippen LogP contribution in [-0.2, 0) is 9.59 Å². The van der Waals surface area contributed by atoms with Crippen molar-refractivity contribution < 1.29 is 9.59 Å². The van der Waals surface area contributed by atoms with Crippen molar-refractivity contribution >= 4 is 11.8 Å². The Kier molecular flexibility index (Phi) is 3.08. The highest BCUT2D eigenvalue weighted by molar-refractivity contribution is 6.34. The van der Waals surface area contributed by atoms with Crippen molar-refractivity contribution in [1.29, 1.82) is 0 Å². The second-order valence-corrected chi connectivity index (χ2v) is 3.21. The lowest BCUT2D eigenvalue weighted by molar-refractivity contribution is -0.137. The Labute approximate surface area is 71.5 Å². The molecule has 0 radical (unpaired) electrons. The van der Waals surface area contributed by atoms with Gasteiger partial charge in [-0.05, 0) is 12.3 Å². The Morgan fingerprint density at radius 2 is 2.08 bits per heavy atom. The van der Waals surface area contributed by atoms with Gasteiger partial charge in [0.05, 0.1) is 0 Å². The minimum Gasteiger partial charge on any atom is -0.361 e. The van der Waals surface area contributed by atoms with Crippen LogP contribution < -0.4 is 11.1 Å². The van der Waals surface area contributed by atoms with Crippen LogP contribution in [0.15, 0.2) is 0 Å².